The number of H-pyrrole nitrogens is 1. The molecular weight excluding hydrogens is 366 g/mol. The molecule has 0 saturated heterocycles. The molecule has 0 aliphatic carbocycles. The van der Waals surface area contributed by atoms with E-state index in [1.54, 1.807) is 6.92 Å². The minimum absolute atomic E-state index is 0.0284. The van der Waals surface area contributed by atoms with E-state index in [1.807, 2.05) is 0 Å². The second-order valence-electron chi connectivity index (χ2n) is 5.41. The van der Waals surface area contributed by atoms with Crippen LogP contribution in [0.2, 0.25) is 0 Å². The molecule has 2 heterocycles. The van der Waals surface area contributed by atoms with Crippen LogP contribution in [0.3, 0.4) is 0 Å². The summed E-state index contributed by atoms with van der Waals surface area (Å²) in [5.74, 6) is 0.345. The molecule has 0 radical (unpaired) electrons. The fraction of sp³-hybridized carbons (Fsp3) is 0.286. The Morgan fingerprint density at radius 1 is 1.08 bits per heavy atom. The summed E-state index contributed by atoms with van der Waals surface area (Å²) < 4.78 is 78.8. The van der Waals surface area contributed by atoms with Gasteiger partial charge < -0.3 is 5.32 Å². The van der Waals surface area contributed by atoms with Crippen molar-refractivity contribution in [2.24, 2.45) is 0 Å². The molecule has 0 amide bonds. The lowest BCUT2D eigenvalue weighted by atomic mass is 10.0. The van der Waals surface area contributed by atoms with Crippen LogP contribution in [0.15, 0.2) is 24.7 Å². The van der Waals surface area contributed by atoms with E-state index < -0.39 is 35.0 Å². The van der Waals surface area contributed by atoms with Crippen molar-refractivity contribution >= 4 is 16.6 Å². The van der Waals surface area contributed by atoms with Crippen LogP contribution in [0.4, 0.5) is 32.0 Å². The first-order chi connectivity index (χ1) is 12.1. The van der Waals surface area contributed by atoms with Crippen LogP contribution < -0.4 is 5.32 Å². The molecule has 12 heteroatoms. The normalized spacial score (nSPS) is 13.8. The molecule has 1 aromatic carbocycles. The third-order valence-corrected chi connectivity index (χ3v) is 3.59. The van der Waals surface area contributed by atoms with Crippen molar-refractivity contribution in [2.75, 3.05) is 5.32 Å². The van der Waals surface area contributed by atoms with Crippen molar-refractivity contribution in [3.05, 3.63) is 41.6 Å². The van der Waals surface area contributed by atoms with Gasteiger partial charge in [-0.2, -0.15) is 36.5 Å². The highest BCUT2D eigenvalue weighted by molar-refractivity contribution is 5.93. The Hall–Kier alpha value is -2.92. The number of benzene rings is 1. The smallest absolute Gasteiger partial charge is 0.374 e. The van der Waals surface area contributed by atoms with Gasteiger partial charge in [0.2, 0.25) is 0 Å². The second kappa shape index (κ2) is 6.11. The van der Waals surface area contributed by atoms with Gasteiger partial charge in [-0.15, -0.1) is 5.10 Å². The monoisotopic (exact) mass is 376 g/mol. The van der Waals surface area contributed by atoms with Gasteiger partial charge in [-0.25, -0.2) is 4.98 Å². The molecule has 0 fully saturated rings. The molecule has 26 heavy (non-hydrogen) atoms. The van der Waals surface area contributed by atoms with Crippen LogP contribution in [-0.2, 0) is 12.4 Å². The maximum Gasteiger partial charge on any atom is 0.418 e. The van der Waals surface area contributed by atoms with Gasteiger partial charge in [0.25, 0.3) is 0 Å². The molecule has 0 aliphatic heterocycles. The van der Waals surface area contributed by atoms with Crippen molar-refractivity contribution in [3.8, 4) is 0 Å². The summed E-state index contributed by atoms with van der Waals surface area (Å²) in [6, 6.07) is 0.0591. The third-order valence-electron chi connectivity index (χ3n) is 3.59. The van der Waals surface area contributed by atoms with Crippen molar-refractivity contribution in [1.82, 2.24) is 25.4 Å². The van der Waals surface area contributed by atoms with Gasteiger partial charge in [0.1, 0.15) is 17.7 Å². The van der Waals surface area contributed by atoms with Crippen LogP contribution in [0.1, 0.15) is 29.9 Å². The van der Waals surface area contributed by atoms with Crippen LogP contribution >= 0.6 is 0 Å². The molecule has 0 bridgehead atoms. The van der Waals surface area contributed by atoms with Gasteiger partial charge in [0.15, 0.2) is 0 Å². The number of alkyl halides is 6. The zero-order valence-electron chi connectivity index (χ0n) is 12.9. The number of nitrogens with one attached hydrogen (secondary N) is 2. The zero-order chi connectivity index (χ0) is 19.1. The summed E-state index contributed by atoms with van der Waals surface area (Å²) in [5.41, 5.74) is -3.66. The molecular formula is C14H10F6N6. The highest BCUT2D eigenvalue weighted by atomic mass is 19.4. The van der Waals surface area contributed by atoms with Crippen LogP contribution in [0.25, 0.3) is 10.9 Å². The van der Waals surface area contributed by atoms with Crippen molar-refractivity contribution < 1.29 is 26.3 Å². The van der Waals surface area contributed by atoms with E-state index in [0.29, 0.717) is 11.9 Å². The zero-order valence-corrected chi connectivity index (χ0v) is 12.9. The number of nitrogens with zero attached hydrogens (tertiary/aromatic N) is 4. The lowest BCUT2D eigenvalue weighted by molar-refractivity contribution is -0.142. The van der Waals surface area contributed by atoms with E-state index in [2.05, 4.69) is 30.7 Å². The minimum atomic E-state index is -5.02. The Kier molecular flexibility index (Phi) is 4.20. The number of aromatic nitrogens is 5. The Balaban J connectivity index is 2.18. The molecule has 3 aromatic rings. The average molecular weight is 376 g/mol. The molecule has 6 nitrogen and oxygen atoms in total. The molecule has 0 saturated carbocycles. The van der Waals surface area contributed by atoms with E-state index in [4.69, 9.17) is 0 Å². The van der Waals surface area contributed by atoms with Gasteiger partial charge in [-0.1, -0.05) is 0 Å². The molecule has 1 atom stereocenters. The van der Waals surface area contributed by atoms with Gasteiger partial charge in [0.05, 0.1) is 29.1 Å². The number of aromatic amines is 1. The van der Waals surface area contributed by atoms with Gasteiger partial charge >= 0.3 is 12.4 Å². The molecule has 3 rings (SSSR count). The van der Waals surface area contributed by atoms with Gasteiger partial charge in [0, 0.05) is 5.39 Å². The SMILES string of the molecule is C[C@@H](Nc1cnnc2c(C(F)(F)F)cc(C(F)(F)F)cc12)c1ncn[nH]1. The van der Waals surface area contributed by atoms with E-state index in [9.17, 15) is 26.3 Å². The van der Waals surface area contributed by atoms with E-state index >= 15 is 0 Å². The minimum Gasteiger partial charge on any atom is -0.374 e. The fourth-order valence-electron chi connectivity index (χ4n) is 2.38. The summed E-state index contributed by atoms with van der Waals surface area (Å²) in [6.07, 6.45) is -7.70. The maximum atomic E-state index is 13.2. The van der Waals surface area contributed by atoms with Crippen LogP contribution in [-0.4, -0.2) is 25.4 Å². The van der Waals surface area contributed by atoms with Gasteiger partial charge in [-0.05, 0) is 19.1 Å². The predicted molar refractivity (Wildman–Crippen MR) is 78.0 cm³/mol. The number of hydrogen-bond acceptors (Lipinski definition) is 5. The molecule has 2 N–H and O–H groups in total. The Morgan fingerprint density at radius 2 is 1.81 bits per heavy atom. The van der Waals surface area contributed by atoms with E-state index in [0.717, 1.165) is 6.20 Å². The molecule has 0 spiro atoms. The molecule has 2 aromatic heterocycles. The summed E-state index contributed by atoms with van der Waals surface area (Å²) in [6.45, 7) is 1.60. The molecule has 0 unspecified atom stereocenters. The Morgan fingerprint density at radius 3 is 2.38 bits per heavy atom. The summed E-state index contributed by atoms with van der Waals surface area (Å²) in [4.78, 5) is 3.88. The summed E-state index contributed by atoms with van der Waals surface area (Å²) in [7, 11) is 0. The number of anilines is 1. The third kappa shape index (κ3) is 3.39. The topological polar surface area (TPSA) is 79.4 Å². The van der Waals surface area contributed by atoms with Crippen LogP contribution in [0.5, 0.6) is 0 Å². The maximum absolute atomic E-state index is 13.2. The highest BCUT2D eigenvalue weighted by Gasteiger charge is 2.39. The summed E-state index contributed by atoms with van der Waals surface area (Å²) >= 11 is 0. The number of hydrogen-bond donors (Lipinski definition) is 2. The fourth-order valence-corrected chi connectivity index (χ4v) is 2.38. The molecule has 0 aliphatic rings. The first-order valence-electron chi connectivity index (χ1n) is 7.13. The summed E-state index contributed by atoms with van der Waals surface area (Å²) in [5, 5.41) is 15.5. The quantitative estimate of drug-likeness (QED) is 0.677. The number of rotatable bonds is 3. The number of halogens is 6. The largest absolute Gasteiger partial charge is 0.418 e. The van der Waals surface area contributed by atoms with E-state index in [-0.39, 0.29) is 17.1 Å². The predicted octanol–water partition coefficient (Wildman–Crippen LogP) is 3.96. The Labute approximate surface area is 141 Å². The van der Waals surface area contributed by atoms with Gasteiger partial charge in [-0.3, -0.25) is 5.10 Å². The Bertz CT molecular complexity index is 918. The standard InChI is InChI=1S/C14H10F6N6/c1-6(12-21-5-23-26-12)24-10-4-22-25-11-8(10)2-7(13(15,16)17)3-9(11)14(18,19)20/h2-6H,1H3,(H,24,25)(H,21,23,26)/t6-/m1/s1. The average Bonchev–Trinajstić information content (AvgIpc) is 3.07. The van der Waals surface area contributed by atoms with Crippen molar-refractivity contribution in [1.29, 1.82) is 0 Å². The lowest BCUT2D eigenvalue weighted by Gasteiger charge is -2.17. The van der Waals surface area contributed by atoms with Crippen LogP contribution in [0, 0.1) is 0 Å². The van der Waals surface area contributed by atoms with E-state index in [1.165, 1.54) is 6.33 Å². The van der Waals surface area contributed by atoms with Crippen molar-refractivity contribution in [2.45, 2.75) is 25.3 Å². The first kappa shape index (κ1) is 17.9. The second-order valence-corrected chi connectivity index (χ2v) is 5.41. The first-order valence-corrected chi connectivity index (χ1v) is 7.13. The number of fused-ring (bicyclic) bond motifs is 1. The lowest BCUT2D eigenvalue weighted by Crippen LogP contribution is -2.14. The molecule has 138 valence electrons. The van der Waals surface area contributed by atoms with Crippen molar-refractivity contribution in [3.63, 3.8) is 0 Å². The highest BCUT2D eigenvalue weighted by Crippen LogP contribution is 2.41.